The summed E-state index contributed by atoms with van der Waals surface area (Å²) in [5.41, 5.74) is 0.406. The van der Waals surface area contributed by atoms with E-state index in [4.69, 9.17) is 32.7 Å². The van der Waals surface area contributed by atoms with E-state index in [1.807, 2.05) is 19.9 Å². The van der Waals surface area contributed by atoms with Crippen LogP contribution in [0.1, 0.15) is 31.9 Å². The average Bonchev–Trinajstić information content (AvgIpc) is 2.81. The van der Waals surface area contributed by atoms with E-state index in [0.29, 0.717) is 17.9 Å². The lowest BCUT2D eigenvalue weighted by Gasteiger charge is -2.38. The Bertz CT molecular complexity index is 1360. The molecule has 7 nitrogen and oxygen atoms in total. The molecule has 0 saturated carbocycles. The van der Waals surface area contributed by atoms with Crippen molar-refractivity contribution in [3.05, 3.63) is 82.3 Å². The molecular weight excluding hydrogens is 523 g/mol. The van der Waals surface area contributed by atoms with Gasteiger partial charge in [-0.25, -0.2) is 8.42 Å². The van der Waals surface area contributed by atoms with Crippen LogP contribution in [0.25, 0.3) is 0 Å². The van der Waals surface area contributed by atoms with Gasteiger partial charge in [0.1, 0.15) is 23.6 Å². The number of rotatable bonds is 7. The molecule has 10 heteroatoms. The third kappa shape index (κ3) is 5.72. The molecular formula is C26H26Cl2N2O5S. The SMILES string of the molecule is COc1ccc2c(c1)OC(C)(C)CC2NC(=O)CN(c1cc(Cl)cc(Cl)c1)S(=O)(=O)c1ccccc1. The Morgan fingerprint density at radius 3 is 2.39 bits per heavy atom. The van der Waals surface area contributed by atoms with Crippen LogP contribution >= 0.6 is 23.2 Å². The minimum absolute atomic E-state index is 0.0403. The van der Waals surface area contributed by atoms with Crippen LogP contribution < -0.4 is 19.1 Å². The Hall–Kier alpha value is -2.94. The number of nitrogens with one attached hydrogen (secondary N) is 1. The van der Waals surface area contributed by atoms with Crippen molar-refractivity contribution >= 4 is 44.8 Å². The van der Waals surface area contributed by atoms with Gasteiger partial charge in [-0.05, 0) is 56.3 Å². The minimum Gasteiger partial charge on any atom is -0.497 e. The van der Waals surface area contributed by atoms with Crippen LogP contribution in [-0.2, 0) is 14.8 Å². The molecule has 0 spiro atoms. The predicted octanol–water partition coefficient (Wildman–Crippen LogP) is 5.62. The normalized spacial score (nSPS) is 16.4. The molecule has 0 fully saturated rings. The zero-order valence-corrected chi connectivity index (χ0v) is 22.3. The molecule has 1 atom stereocenters. The number of sulfonamides is 1. The van der Waals surface area contributed by atoms with Crippen molar-refractivity contribution in [3.8, 4) is 11.5 Å². The van der Waals surface area contributed by atoms with E-state index in [2.05, 4.69) is 5.32 Å². The van der Waals surface area contributed by atoms with Gasteiger partial charge in [0.25, 0.3) is 10.0 Å². The summed E-state index contributed by atoms with van der Waals surface area (Å²) in [4.78, 5) is 13.4. The maximum atomic E-state index is 13.6. The zero-order chi connectivity index (χ0) is 26.1. The number of carbonyl (C=O) groups excluding carboxylic acids is 1. The number of fused-ring (bicyclic) bond motifs is 1. The summed E-state index contributed by atoms with van der Waals surface area (Å²) in [5, 5.41) is 3.49. The fraction of sp³-hybridized carbons (Fsp3) is 0.269. The van der Waals surface area contributed by atoms with E-state index in [9.17, 15) is 13.2 Å². The molecule has 1 N–H and O–H groups in total. The quantitative estimate of drug-likeness (QED) is 0.414. The summed E-state index contributed by atoms with van der Waals surface area (Å²) in [7, 11) is -2.53. The molecule has 190 valence electrons. The Morgan fingerprint density at radius 1 is 1.08 bits per heavy atom. The number of anilines is 1. The van der Waals surface area contributed by atoms with Gasteiger partial charge >= 0.3 is 0 Å². The summed E-state index contributed by atoms with van der Waals surface area (Å²) >= 11 is 12.3. The fourth-order valence-corrected chi connectivity index (χ4v) is 6.12. The third-order valence-electron chi connectivity index (χ3n) is 5.77. The molecule has 1 amide bonds. The van der Waals surface area contributed by atoms with Crippen molar-refractivity contribution in [2.45, 2.75) is 36.8 Å². The first-order chi connectivity index (χ1) is 17.0. The highest BCUT2D eigenvalue weighted by Gasteiger charge is 2.36. The van der Waals surface area contributed by atoms with Crippen LogP contribution in [0, 0.1) is 0 Å². The van der Waals surface area contributed by atoms with Gasteiger partial charge in [-0.1, -0.05) is 41.4 Å². The van der Waals surface area contributed by atoms with Crippen molar-refractivity contribution in [1.29, 1.82) is 0 Å². The van der Waals surface area contributed by atoms with Gasteiger partial charge in [0.2, 0.25) is 5.91 Å². The van der Waals surface area contributed by atoms with Crippen LogP contribution in [0.2, 0.25) is 10.0 Å². The smallest absolute Gasteiger partial charge is 0.264 e. The molecule has 3 aromatic rings. The molecule has 1 aliphatic heterocycles. The summed E-state index contributed by atoms with van der Waals surface area (Å²) in [6.07, 6.45) is 0.493. The number of ether oxygens (including phenoxy) is 2. The second-order valence-electron chi connectivity index (χ2n) is 9.04. The van der Waals surface area contributed by atoms with Crippen molar-refractivity contribution in [2.75, 3.05) is 18.0 Å². The van der Waals surface area contributed by atoms with Crippen molar-refractivity contribution in [2.24, 2.45) is 0 Å². The maximum Gasteiger partial charge on any atom is 0.264 e. The summed E-state index contributed by atoms with van der Waals surface area (Å²) in [6, 6.07) is 17.3. The van der Waals surface area contributed by atoms with Crippen LogP contribution in [0.3, 0.4) is 0 Å². The van der Waals surface area contributed by atoms with Crippen LogP contribution in [-0.4, -0.2) is 33.6 Å². The first kappa shape index (κ1) is 26.1. The molecule has 1 aliphatic rings. The fourth-order valence-electron chi connectivity index (χ4n) is 4.18. The zero-order valence-electron chi connectivity index (χ0n) is 20.0. The Balaban J connectivity index is 1.67. The van der Waals surface area contributed by atoms with Crippen molar-refractivity contribution in [3.63, 3.8) is 0 Å². The first-order valence-electron chi connectivity index (χ1n) is 11.2. The van der Waals surface area contributed by atoms with Crippen LogP contribution in [0.15, 0.2) is 71.6 Å². The first-order valence-corrected chi connectivity index (χ1v) is 13.4. The number of hydrogen-bond donors (Lipinski definition) is 1. The van der Waals surface area contributed by atoms with Gasteiger partial charge < -0.3 is 14.8 Å². The third-order valence-corrected chi connectivity index (χ3v) is 7.99. The number of benzene rings is 3. The van der Waals surface area contributed by atoms with Gasteiger partial charge in [-0.3, -0.25) is 9.10 Å². The van der Waals surface area contributed by atoms with E-state index < -0.39 is 34.1 Å². The lowest BCUT2D eigenvalue weighted by molar-refractivity contribution is -0.120. The highest BCUT2D eigenvalue weighted by atomic mass is 35.5. The van der Waals surface area contributed by atoms with E-state index in [-0.39, 0.29) is 20.6 Å². The van der Waals surface area contributed by atoms with E-state index >= 15 is 0 Å². The number of nitrogens with zero attached hydrogens (tertiary/aromatic N) is 1. The molecule has 0 bridgehead atoms. The van der Waals surface area contributed by atoms with Gasteiger partial charge in [-0.15, -0.1) is 0 Å². The van der Waals surface area contributed by atoms with Gasteiger partial charge in [0.15, 0.2) is 0 Å². The van der Waals surface area contributed by atoms with Crippen molar-refractivity contribution < 1.29 is 22.7 Å². The molecule has 0 aromatic heterocycles. The molecule has 0 radical (unpaired) electrons. The molecule has 0 saturated heterocycles. The Morgan fingerprint density at radius 2 is 1.75 bits per heavy atom. The molecule has 0 aliphatic carbocycles. The topological polar surface area (TPSA) is 84.9 Å². The second kappa shape index (κ2) is 10.2. The average molecular weight is 549 g/mol. The van der Waals surface area contributed by atoms with E-state index in [0.717, 1.165) is 9.87 Å². The van der Waals surface area contributed by atoms with Gasteiger partial charge in [0, 0.05) is 28.1 Å². The Labute approximate surface area is 221 Å². The number of amides is 1. The van der Waals surface area contributed by atoms with Crippen LogP contribution in [0.5, 0.6) is 11.5 Å². The molecule has 4 rings (SSSR count). The summed E-state index contributed by atoms with van der Waals surface area (Å²) < 4.78 is 39.6. The van der Waals surface area contributed by atoms with E-state index in [1.165, 1.54) is 30.3 Å². The number of methoxy groups -OCH3 is 1. The standard InChI is InChI=1S/C26H26Cl2N2O5S/c1-26(2)15-23(22-10-9-20(34-3)14-24(22)35-26)29-25(31)16-30(19-12-17(27)11-18(28)13-19)36(32,33)21-7-5-4-6-8-21/h4-14,23H,15-16H2,1-3H3,(H,29,31). The van der Waals surface area contributed by atoms with Crippen LogP contribution in [0.4, 0.5) is 5.69 Å². The summed E-state index contributed by atoms with van der Waals surface area (Å²) in [6.45, 7) is 3.38. The number of halogens is 2. The molecule has 36 heavy (non-hydrogen) atoms. The Kier molecular flexibility index (Phi) is 7.41. The highest BCUT2D eigenvalue weighted by Crippen LogP contribution is 2.41. The number of carbonyl (C=O) groups is 1. The van der Waals surface area contributed by atoms with Crippen molar-refractivity contribution in [1.82, 2.24) is 5.32 Å². The van der Waals surface area contributed by atoms with E-state index in [1.54, 1.807) is 37.4 Å². The lowest BCUT2D eigenvalue weighted by Crippen LogP contribution is -2.45. The molecule has 1 heterocycles. The maximum absolute atomic E-state index is 13.6. The summed E-state index contributed by atoms with van der Waals surface area (Å²) in [5.74, 6) is 0.746. The highest BCUT2D eigenvalue weighted by molar-refractivity contribution is 7.92. The molecule has 3 aromatic carbocycles. The monoisotopic (exact) mass is 548 g/mol. The predicted molar refractivity (Wildman–Crippen MR) is 141 cm³/mol. The van der Waals surface area contributed by atoms with Gasteiger partial charge in [0.05, 0.1) is 23.7 Å². The largest absolute Gasteiger partial charge is 0.497 e. The van der Waals surface area contributed by atoms with Gasteiger partial charge in [-0.2, -0.15) is 0 Å². The number of hydrogen-bond acceptors (Lipinski definition) is 5. The minimum atomic E-state index is -4.10. The second-order valence-corrected chi connectivity index (χ2v) is 11.8. The molecule has 1 unspecified atom stereocenters. The lowest BCUT2D eigenvalue weighted by atomic mass is 9.89.